The number of rotatable bonds is 53. The molecule has 0 radical (unpaired) electrons. The molecule has 0 aromatic carbocycles. The van der Waals surface area contributed by atoms with Crippen molar-refractivity contribution in [3.63, 3.8) is 0 Å². The minimum absolute atomic E-state index is 0.0105. The number of esters is 3. The molecule has 1 heterocycles. The van der Waals surface area contributed by atoms with E-state index in [9.17, 15) is 34.5 Å². The van der Waals surface area contributed by atoms with E-state index in [0.29, 0.717) is 19.3 Å². The maximum atomic E-state index is 13.2. The highest BCUT2D eigenvalue weighted by Crippen LogP contribution is 2.26. The van der Waals surface area contributed by atoms with Crippen LogP contribution in [0.25, 0.3) is 0 Å². The molecule has 468 valence electrons. The quantitative estimate of drug-likeness (QED) is 0.0228. The second-order valence-corrected chi connectivity index (χ2v) is 21.3. The Hall–Kier alpha value is -5.14. The Balaban J connectivity index is 2.71. The first-order chi connectivity index (χ1) is 40.6. The van der Waals surface area contributed by atoms with E-state index in [2.05, 4.69) is 154 Å². The van der Waals surface area contributed by atoms with Gasteiger partial charge in [0, 0.05) is 19.3 Å². The van der Waals surface area contributed by atoms with Gasteiger partial charge in [0.1, 0.15) is 18.8 Å². The Bertz CT molecular complexity index is 1950. The van der Waals surface area contributed by atoms with Gasteiger partial charge in [-0.05, 0) is 135 Å². The lowest BCUT2D eigenvalue weighted by Gasteiger charge is -2.40. The molecule has 0 aromatic heterocycles. The molecule has 83 heavy (non-hydrogen) atoms. The van der Waals surface area contributed by atoms with Crippen LogP contribution in [0.15, 0.2) is 134 Å². The SMILES string of the molecule is CC/C=C\C/C=C\C/C=C\C/C=C\C/C=C\CCCCCC(=O)OC1C(OCC(COC(=O)CCCCCCCC/C=C\C/C=C\C/C=C\CCCCC)OC(=O)CCCCCCC/C=C\C/C=C\C/C=C\CC)OC(C(=O)O)C(O)C1O. The fourth-order valence-electron chi connectivity index (χ4n) is 8.83. The third-order valence-corrected chi connectivity index (χ3v) is 13.7. The number of carboxylic acids is 1. The van der Waals surface area contributed by atoms with Crippen molar-refractivity contribution in [2.75, 3.05) is 13.2 Å². The summed E-state index contributed by atoms with van der Waals surface area (Å²) in [5.74, 6) is -3.22. The van der Waals surface area contributed by atoms with Crippen LogP contribution < -0.4 is 0 Å². The number of hydrogen-bond donors (Lipinski definition) is 3. The molecule has 1 saturated heterocycles. The molecule has 12 nitrogen and oxygen atoms in total. The summed E-state index contributed by atoms with van der Waals surface area (Å²) in [6.45, 7) is 5.71. The maximum absolute atomic E-state index is 13.2. The van der Waals surface area contributed by atoms with E-state index in [1.807, 2.05) is 0 Å². The lowest BCUT2D eigenvalue weighted by Crippen LogP contribution is -2.61. The zero-order valence-electron chi connectivity index (χ0n) is 51.6. The zero-order chi connectivity index (χ0) is 60.3. The monoisotopic (exact) mass is 1160 g/mol. The van der Waals surface area contributed by atoms with Crippen LogP contribution in [0.3, 0.4) is 0 Å². The zero-order valence-corrected chi connectivity index (χ0v) is 51.6. The summed E-state index contributed by atoms with van der Waals surface area (Å²) < 4.78 is 28.5. The number of carbonyl (C=O) groups is 4. The lowest BCUT2D eigenvalue weighted by molar-refractivity contribution is -0.301. The molecule has 6 atom stereocenters. The Morgan fingerprint density at radius 1 is 0.410 bits per heavy atom. The van der Waals surface area contributed by atoms with Crippen molar-refractivity contribution in [2.45, 2.75) is 276 Å². The smallest absolute Gasteiger partial charge is 0.335 e. The molecule has 0 saturated carbocycles. The summed E-state index contributed by atoms with van der Waals surface area (Å²) >= 11 is 0. The van der Waals surface area contributed by atoms with Crippen molar-refractivity contribution < 1.29 is 58.2 Å². The molecule has 1 aliphatic heterocycles. The van der Waals surface area contributed by atoms with Gasteiger partial charge >= 0.3 is 23.9 Å². The molecule has 0 aliphatic carbocycles. The molecule has 3 N–H and O–H groups in total. The maximum Gasteiger partial charge on any atom is 0.335 e. The molecule has 1 fully saturated rings. The number of unbranched alkanes of at least 4 members (excludes halogenated alkanes) is 17. The van der Waals surface area contributed by atoms with Crippen molar-refractivity contribution in [1.29, 1.82) is 0 Å². The van der Waals surface area contributed by atoms with Crippen molar-refractivity contribution in [3.05, 3.63) is 134 Å². The highest BCUT2D eigenvalue weighted by molar-refractivity contribution is 5.74. The number of ether oxygens (including phenoxy) is 5. The molecule has 0 aromatic rings. The topological polar surface area (TPSA) is 175 Å². The van der Waals surface area contributed by atoms with Gasteiger partial charge < -0.3 is 39.0 Å². The lowest BCUT2D eigenvalue weighted by atomic mass is 9.98. The predicted molar refractivity (Wildman–Crippen MR) is 340 cm³/mol. The van der Waals surface area contributed by atoms with E-state index >= 15 is 0 Å². The van der Waals surface area contributed by atoms with Crippen molar-refractivity contribution in [3.8, 4) is 0 Å². The molecular weight excluding hydrogens is 1040 g/mol. The van der Waals surface area contributed by atoms with E-state index in [-0.39, 0.29) is 25.9 Å². The number of carboxylic acid groups (broad SMARTS) is 1. The molecular formula is C71H112O12. The van der Waals surface area contributed by atoms with Crippen LogP contribution in [-0.2, 0) is 42.9 Å². The largest absolute Gasteiger partial charge is 0.479 e. The number of aliphatic carboxylic acids is 1. The summed E-state index contributed by atoms with van der Waals surface area (Å²) in [7, 11) is 0. The van der Waals surface area contributed by atoms with Crippen LogP contribution in [0.2, 0.25) is 0 Å². The van der Waals surface area contributed by atoms with Gasteiger partial charge in [-0.25, -0.2) is 4.79 Å². The predicted octanol–water partition coefficient (Wildman–Crippen LogP) is 17.3. The molecule has 1 rings (SSSR count). The summed E-state index contributed by atoms with van der Waals surface area (Å²) in [4.78, 5) is 51.3. The van der Waals surface area contributed by atoms with Crippen molar-refractivity contribution in [2.24, 2.45) is 0 Å². The Morgan fingerprint density at radius 3 is 1.17 bits per heavy atom. The van der Waals surface area contributed by atoms with Crippen molar-refractivity contribution in [1.82, 2.24) is 0 Å². The summed E-state index contributed by atoms with van der Waals surface area (Å²) in [6.07, 6.45) is 68.3. The van der Waals surface area contributed by atoms with E-state index < -0.39 is 67.3 Å². The molecule has 1 aliphatic rings. The van der Waals surface area contributed by atoms with Crippen molar-refractivity contribution >= 4 is 23.9 Å². The molecule has 0 amide bonds. The van der Waals surface area contributed by atoms with E-state index in [0.717, 1.165) is 154 Å². The fraction of sp³-hybridized carbons (Fsp3) is 0.634. The van der Waals surface area contributed by atoms with Gasteiger partial charge in [0.05, 0.1) is 6.61 Å². The fourth-order valence-corrected chi connectivity index (χ4v) is 8.83. The van der Waals surface area contributed by atoms with Gasteiger partial charge in [-0.3, -0.25) is 14.4 Å². The van der Waals surface area contributed by atoms with Crippen LogP contribution in [0.1, 0.15) is 239 Å². The third kappa shape index (κ3) is 46.9. The number of hydrogen-bond acceptors (Lipinski definition) is 11. The van der Waals surface area contributed by atoms with E-state index in [1.165, 1.54) is 25.7 Å². The van der Waals surface area contributed by atoms with Gasteiger partial charge in [0.15, 0.2) is 24.6 Å². The minimum atomic E-state index is -1.93. The number of aliphatic hydroxyl groups is 2. The van der Waals surface area contributed by atoms with Gasteiger partial charge in [-0.15, -0.1) is 0 Å². The molecule has 0 spiro atoms. The standard InChI is InChI=1S/C71H112O12/c1-4-7-10-13-16-19-22-25-28-30-32-34-37-39-42-45-48-51-54-57-63(72)79-60-62(81-64(73)58-55-52-49-46-43-40-36-27-24-21-18-15-12-9-6-3)61-80-71-69(67(76)66(75)68(83-71)70(77)78)82-65(74)59-56-53-50-47-44-41-38-35-33-31-29-26-23-20-17-14-11-8-5-2/h8-9,11-12,16-21,25-29,32-36,41,44,62,66-69,71,75-76H,4-7,10,13-15,22-24,30-31,37-40,42-43,45-61H2,1-3H3,(H,77,78)/b11-8-,12-9-,19-16-,20-17-,21-18-,28-25-,29-26-,34-32-,35-33-,36-27-,44-41-. The van der Waals surface area contributed by atoms with Gasteiger partial charge in [-0.2, -0.15) is 0 Å². The number of carbonyl (C=O) groups excluding carboxylic acids is 3. The van der Waals surface area contributed by atoms with Crippen LogP contribution in [0.4, 0.5) is 0 Å². The van der Waals surface area contributed by atoms with E-state index in [4.69, 9.17) is 23.7 Å². The van der Waals surface area contributed by atoms with Gasteiger partial charge in [0.25, 0.3) is 0 Å². The first-order valence-electron chi connectivity index (χ1n) is 32.2. The molecule has 0 bridgehead atoms. The second kappa shape index (κ2) is 57.3. The Kier molecular flexibility index (Phi) is 52.4. The number of allylic oxidation sites excluding steroid dienone is 22. The van der Waals surface area contributed by atoms with E-state index in [1.54, 1.807) is 0 Å². The second-order valence-electron chi connectivity index (χ2n) is 21.3. The van der Waals surface area contributed by atoms with Crippen LogP contribution >= 0.6 is 0 Å². The Labute approximate surface area is 502 Å². The van der Waals surface area contributed by atoms with Gasteiger partial charge in [0.2, 0.25) is 0 Å². The molecule has 6 unspecified atom stereocenters. The Morgan fingerprint density at radius 2 is 0.759 bits per heavy atom. The third-order valence-electron chi connectivity index (χ3n) is 13.7. The summed E-state index contributed by atoms with van der Waals surface area (Å²) in [5, 5.41) is 31.6. The normalized spacial score (nSPS) is 18.5. The number of aliphatic hydroxyl groups excluding tert-OH is 2. The van der Waals surface area contributed by atoms with Gasteiger partial charge in [-0.1, -0.05) is 219 Å². The van der Waals surface area contributed by atoms with Crippen LogP contribution in [0, 0.1) is 0 Å². The summed E-state index contributed by atoms with van der Waals surface area (Å²) in [6, 6.07) is 0. The highest BCUT2D eigenvalue weighted by Gasteiger charge is 2.50. The highest BCUT2D eigenvalue weighted by atomic mass is 16.7. The average molecular weight is 1160 g/mol. The minimum Gasteiger partial charge on any atom is -0.479 e. The first kappa shape index (κ1) is 75.9. The summed E-state index contributed by atoms with van der Waals surface area (Å²) in [5.41, 5.74) is 0. The van der Waals surface area contributed by atoms with Crippen LogP contribution in [-0.4, -0.2) is 89.2 Å². The molecule has 12 heteroatoms. The average Bonchev–Trinajstić information content (AvgIpc) is 3.60. The first-order valence-corrected chi connectivity index (χ1v) is 32.2. The van der Waals surface area contributed by atoms with Crippen LogP contribution in [0.5, 0.6) is 0 Å².